The van der Waals surface area contributed by atoms with E-state index in [-0.39, 0.29) is 11.6 Å². The van der Waals surface area contributed by atoms with Gasteiger partial charge in [-0.15, -0.1) is 0 Å². The maximum Gasteiger partial charge on any atom is 0.326 e. The Labute approximate surface area is 116 Å². The van der Waals surface area contributed by atoms with E-state index in [4.69, 9.17) is 5.73 Å². The van der Waals surface area contributed by atoms with Crippen LogP contribution in [0.5, 0.6) is 0 Å². The third kappa shape index (κ3) is 2.82. The maximum atomic E-state index is 12.2. The zero-order valence-corrected chi connectivity index (χ0v) is 11.5. The highest BCUT2D eigenvalue weighted by atomic mass is 16.2. The first-order chi connectivity index (χ1) is 9.47. The van der Waals surface area contributed by atoms with E-state index in [1.165, 1.54) is 0 Å². The molecule has 2 unspecified atom stereocenters. The normalized spacial score (nSPS) is 26.2. The molecule has 1 aliphatic rings. The van der Waals surface area contributed by atoms with Crippen LogP contribution in [0, 0.1) is 5.92 Å². The van der Waals surface area contributed by atoms with Gasteiger partial charge in [0.05, 0.1) is 5.54 Å². The number of nitrogens with one attached hydrogen (secondary N) is 3. The molecule has 2 atom stereocenters. The highest BCUT2D eigenvalue weighted by Gasteiger charge is 2.38. The number of carbonyl (C=O) groups is 1. The molecule has 2 rings (SSSR count). The van der Waals surface area contributed by atoms with E-state index in [2.05, 4.69) is 17.2 Å². The largest absolute Gasteiger partial charge is 0.344 e. The molecule has 1 fully saturated rings. The Hall–Kier alpha value is -1.89. The Balaban J connectivity index is 2.25. The topological polar surface area (TPSA) is 121 Å². The molecule has 0 saturated heterocycles. The summed E-state index contributed by atoms with van der Waals surface area (Å²) >= 11 is 0. The fraction of sp³-hybridized carbons (Fsp3) is 0.615. The molecule has 20 heavy (non-hydrogen) atoms. The van der Waals surface area contributed by atoms with Crippen molar-refractivity contribution in [3.63, 3.8) is 0 Å². The Bertz CT molecular complexity index is 578. The average molecular weight is 280 g/mol. The van der Waals surface area contributed by atoms with E-state index in [0.29, 0.717) is 6.54 Å². The molecule has 5 N–H and O–H groups in total. The van der Waals surface area contributed by atoms with Crippen LogP contribution < -0.4 is 22.3 Å². The lowest BCUT2D eigenvalue weighted by Crippen LogP contribution is -2.59. The first-order valence-corrected chi connectivity index (χ1v) is 6.83. The monoisotopic (exact) mass is 280 g/mol. The molecule has 1 aliphatic carbocycles. The molecular weight excluding hydrogens is 260 g/mol. The third-order valence-electron chi connectivity index (χ3n) is 4.19. The molecule has 110 valence electrons. The number of rotatable bonds is 3. The fourth-order valence-electron chi connectivity index (χ4n) is 2.84. The van der Waals surface area contributed by atoms with E-state index in [1.807, 2.05) is 4.98 Å². The van der Waals surface area contributed by atoms with Crippen molar-refractivity contribution in [3.05, 3.63) is 32.6 Å². The van der Waals surface area contributed by atoms with Gasteiger partial charge in [0.1, 0.15) is 5.69 Å². The van der Waals surface area contributed by atoms with Crippen molar-refractivity contribution in [1.82, 2.24) is 15.3 Å². The summed E-state index contributed by atoms with van der Waals surface area (Å²) in [5.74, 6) is -0.202. The number of hydrogen-bond donors (Lipinski definition) is 4. The number of aromatic nitrogens is 2. The molecule has 1 heterocycles. The van der Waals surface area contributed by atoms with Crippen molar-refractivity contribution in [3.8, 4) is 0 Å². The zero-order valence-electron chi connectivity index (χ0n) is 11.5. The van der Waals surface area contributed by atoms with Gasteiger partial charge in [0.25, 0.3) is 11.5 Å². The van der Waals surface area contributed by atoms with Gasteiger partial charge < -0.3 is 16.0 Å². The van der Waals surface area contributed by atoms with Crippen molar-refractivity contribution in [2.75, 3.05) is 6.54 Å². The molecule has 7 heteroatoms. The first-order valence-electron chi connectivity index (χ1n) is 6.83. The number of aromatic amines is 2. The van der Waals surface area contributed by atoms with Crippen LogP contribution in [0.2, 0.25) is 0 Å². The summed E-state index contributed by atoms with van der Waals surface area (Å²) in [5, 5.41) is 2.92. The number of hydrogen-bond acceptors (Lipinski definition) is 4. The second kappa shape index (κ2) is 5.62. The summed E-state index contributed by atoms with van der Waals surface area (Å²) in [6.45, 7) is 2.40. The van der Waals surface area contributed by atoms with Gasteiger partial charge >= 0.3 is 5.69 Å². The minimum absolute atomic E-state index is 0.0376. The quantitative estimate of drug-likeness (QED) is 0.607. The molecule has 1 aromatic rings. The average Bonchev–Trinajstić information content (AvgIpc) is 2.40. The SMILES string of the molecule is CC1CCCCC1(CN)NC(=O)c1cc(=O)[nH]c(=O)[nH]1. The predicted molar refractivity (Wildman–Crippen MR) is 74.6 cm³/mol. The van der Waals surface area contributed by atoms with Crippen molar-refractivity contribution < 1.29 is 4.79 Å². The molecular formula is C13H20N4O3. The van der Waals surface area contributed by atoms with Gasteiger partial charge in [0.15, 0.2) is 0 Å². The van der Waals surface area contributed by atoms with Crippen molar-refractivity contribution >= 4 is 5.91 Å². The lowest BCUT2D eigenvalue weighted by Gasteiger charge is -2.42. The standard InChI is InChI=1S/C13H20N4O3/c1-8-4-2-3-5-13(8,7-14)17-11(19)9-6-10(18)16-12(20)15-9/h6,8H,2-5,7,14H2,1H3,(H,17,19)(H2,15,16,18,20). The summed E-state index contributed by atoms with van der Waals surface area (Å²) in [4.78, 5) is 39.0. The van der Waals surface area contributed by atoms with Crippen LogP contribution in [-0.2, 0) is 0 Å². The smallest absolute Gasteiger partial charge is 0.326 e. The molecule has 0 aliphatic heterocycles. The minimum Gasteiger partial charge on any atom is -0.344 e. The lowest BCUT2D eigenvalue weighted by atomic mass is 9.73. The summed E-state index contributed by atoms with van der Waals surface area (Å²) in [6.07, 6.45) is 3.95. The third-order valence-corrected chi connectivity index (χ3v) is 4.19. The molecule has 1 amide bonds. The Kier molecular flexibility index (Phi) is 4.08. The van der Waals surface area contributed by atoms with Gasteiger partial charge in [0, 0.05) is 12.6 Å². The second-order valence-electron chi connectivity index (χ2n) is 5.46. The number of nitrogens with two attached hydrogens (primary N) is 1. The van der Waals surface area contributed by atoms with Gasteiger partial charge in [0.2, 0.25) is 0 Å². The lowest BCUT2D eigenvalue weighted by molar-refractivity contribution is 0.0807. The van der Waals surface area contributed by atoms with Crippen LogP contribution >= 0.6 is 0 Å². The summed E-state index contributed by atoms with van der Waals surface area (Å²) in [7, 11) is 0. The van der Waals surface area contributed by atoms with Crippen molar-refractivity contribution in [2.24, 2.45) is 11.7 Å². The Morgan fingerprint density at radius 3 is 2.80 bits per heavy atom. The highest BCUT2D eigenvalue weighted by Crippen LogP contribution is 2.32. The number of carbonyl (C=O) groups excluding carboxylic acids is 1. The summed E-state index contributed by atoms with van der Waals surface area (Å²) < 4.78 is 0. The van der Waals surface area contributed by atoms with Crippen LogP contribution in [0.15, 0.2) is 15.7 Å². The van der Waals surface area contributed by atoms with E-state index in [9.17, 15) is 14.4 Å². The molecule has 7 nitrogen and oxygen atoms in total. The van der Waals surface area contributed by atoms with Gasteiger partial charge in [-0.3, -0.25) is 14.6 Å². The first kappa shape index (κ1) is 14.5. The molecule has 0 bridgehead atoms. The fourth-order valence-corrected chi connectivity index (χ4v) is 2.84. The van der Waals surface area contributed by atoms with E-state index in [0.717, 1.165) is 31.7 Å². The number of H-pyrrole nitrogens is 2. The number of amides is 1. The summed E-state index contributed by atoms with van der Waals surface area (Å²) in [6, 6.07) is 1.08. The maximum absolute atomic E-state index is 12.2. The van der Waals surface area contributed by atoms with E-state index < -0.39 is 22.7 Å². The van der Waals surface area contributed by atoms with E-state index >= 15 is 0 Å². The minimum atomic E-state index is -0.693. The van der Waals surface area contributed by atoms with Crippen molar-refractivity contribution in [2.45, 2.75) is 38.1 Å². The molecule has 0 radical (unpaired) electrons. The molecule has 0 spiro atoms. The van der Waals surface area contributed by atoms with Crippen LogP contribution in [-0.4, -0.2) is 28.0 Å². The Morgan fingerprint density at radius 1 is 1.45 bits per heavy atom. The van der Waals surface area contributed by atoms with Gasteiger partial charge in [-0.25, -0.2) is 4.79 Å². The van der Waals surface area contributed by atoms with Crippen molar-refractivity contribution in [1.29, 1.82) is 0 Å². The highest BCUT2D eigenvalue weighted by molar-refractivity contribution is 5.92. The Morgan fingerprint density at radius 2 is 2.20 bits per heavy atom. The second-order valence-corrected chi connectivity index (χ2v) is 5.46. The van der Waals surface area contributed by atoms with Gasteiger partial charge in [-0.2, -0.15) is 0 Å². The van der Waals surface area contributed by atoms with Crippen LogP contribution in [0.3, 0.4) is 0 Å². The zero-order chi connectivity index (χ0) is 14.8. The molecule has 0 aromatic carbocycles. The molecule has 1 aromatic heterocycles. The predicted octanol–water partition coefficient (Wildman–Crippen LogP) is -0.299. The van der Waals surface area contributed by atoms with Gasteiger partial charge in [-0.1, -0.05) is 19.8 Å². The molecule has 1 saturated carbocycles. The van der Waals surface area contributed by atoms with Crippen LogP contribution in [0.25, 0.3) is 0 Å². The van der Waals surface area contributed by atoms with Gasteiger partial charge in [-0.05, 0) is 18.8 Å². The van der Waals surface area contributed by atoms with Crippen LogP contribution in [0.4, 0.5) is 0 Å². The van der Waals surface area contributed by atoms with Crippen LogP contribution in [0.1, 0.15) is 43.1 Å². The summed E-state index contributed by atoms with van der Waals surface area (Å²) in [5.41, 5.74) is 4.07. The van der Waals surface area contributed by atoms with E-state index in [1.54, 1.807) is 0 Å².